The van der Waals surface area contributed by atoms with E-state index in [9.17, 15) is 0 Å². The fourth-order valence-electron chi connectivity index (χ4n) is 1.70. The highest BCUT2D eigenvalue weighted by atomic mass is 14.7. The van der Waals surface area contributed by atoms with Gasteiger partial charge in [0.25, 0.3) is 0 Å². The second-order valence-corrected chi connectivity index (χ2v) is 3.53. The fraction of sp³-hybridized carbons (Fsp3) is 0.133. The average Bonchev–Trinajstić information content (AvgIpc) is 2.41. The van der Waals surface area contributed by atoms with Gasteiger partial charge in [-0.25, -0.2) is 0 Å². The molecule has 0 aliphatic carbocycles. The molecule has 2 N–H and O–H groups in total. The van der Waals surface area contributed by atoms with E-state index in [0.717, 1.165) is 16.8 Å². The maximum absolute atomic E-state index is 5.71. The van der Waals surface area contributed by atoms with Crippen molar-refractivity contribution in [3.63, 3.8) is 0 Å². The van der Waals surface area contributed by atoms with Crippen LogP contribution in [0.2, 0.25) is 0 Å². The summed E-state index contributed by atoms with van der Waals surface area (Å²) < 4.78 is 0. The molecule has 2 aromatic rings. The second-order valence-electron chi connectivity index (χ2n) is 3.53. The molecule has 0 aliphatic heterocycles. The SMILES string of the molecule is C=C.Cc1cccnc1-c1ccccc1CN. The summed E-state index contributed by atoms with van der Waals surface area (Å²) in [6.07, 6.45) is 1.82. The van der Waals surface area contributed by atoms with Gasteiger partial charge in [0.15, 0.2) is 0 Å². The highest BCUT2D eigenvalue weighted by Gasteiger charge is 2.06. The standard InChI is InChI=1S/C13H14N2.C2H4/c1-10-5-4-8-15-13(10)12-7-3-2-6-11(12)9-14;1-2/h2-8H,9,14H2,1H3;1-2H2. The average molecular weight is 226 g/mol. The fourth-order valence-corrected chi connectivity index (χ4v) is 1.70. The van der Waals surface area contributed by atoms with Gasteiger partial charge in [-0.1, -0.05) is 30.3 Å². The van der Waals surface area contributed by atoms with Crippen molar-refractivity contribution in [1.29, 1.82) is 0 Å². The van der Waals surface area contributed by atoms with E-state index in [2.05, 4.69) is 37.2 Å². The second kappa shape index (κ2) is 6.61. The molecule has 0 spiro atoms. The Kier molecular flexibility index (Phi) is 5.11. The van der Waals surface area contributed by atoms with E-state index >= 15 is 0 Å². The molecule has 2 nitrogen and oxygen atoms in total. The summed E-state index contributed by atoms with van der Waals surface area (Å²) in [5.74, 6) is 0. The molecule has 17 heavy (non-hydrogen) atoms. The number of aromatic nitrogens is 1. The van der Waals surface area contributed by atoms with Crippen molar-refractivity contribution in [2.24, 2.45) is 5.73 Å². The Hall–Kier alpha value is -1.93. The monoisotopic (exact) mass is 226 g/mol. The summed E-state index contributed by atoms with van der Waals surface area (Å²) >= 11 is 0. The number of hydrogen-bond donors (Lipinski definition) is 1. The zero-order chi connectivity index (χ0) is 12.7. The van der Waals surface area contributed by atoms with Crippen LogP contribution in [0.4, 0.5) is 0 Å². The van der Waals surface area contributed by atoms with Crippen molar-refractivity contribution in [3.8, 4) is 11.3 Å². The topological polar surface area (TPSA) is 38.9 Å². The number of nitrogens with two attached hydrogens (primary N) is 1. The van der Waals surface area contributed by atoms with Crippen LogP contribution in [0.25, 0.3) is 11.3 Å². The quantitative estimate of drug-likeness (QED) is 0.798. The maximum atomic E-state index is 5.71. The first-order chi connectivity index (χ1) is 8.33. The van der Waals surface area contributed by atoms with Crippen LogP contribution >= 0.6 is 0 Å². The molecular weight excluding hydrogens is 208 g/mol. The van der Waals surface area contributed by atoms with Gasteiger partial charge in [-0.2, -0.15) is 0 Å². The van der Waals surface area contributed by atoms with Crippen LogP contribution in [-0.2, 0) is 6.54 Å². The van der Waals surface area contributed by atoms with Gasteiger partial charge in [0.1, 0.15) is 0 Å². The maximum Gasteiger partial charge on any atom is 0.0734 e. The van der Waals surface area contributed by atoms with Crippen LogP contribution in [0.1, 0.15) is 11.1 Å². The van der Waals surface area contributed by atoms with Crippen LogP contribution in [0, 0.1) is 6.92 Å². The van der Waals surface area contributed by atoms with Crippen LogP contribution < -0.4 is 5.73 Å². The van der Waals surface area contributed by atoms with Gasteiger partial charge >= 0.3 is 0 Å². The van der Waals surface area contributed by atoms with Gasteiger partial charge < -0.3 is 5.73 Å². The number of nitrogens with zero attached hydrogens (tertiary/aromatic N) is 1. The van der Waals surface area contributed by atoms with Crippen LogP contribution in [0.3, 0.4) is 0 Å². The number of rotatable bonds is 2. The minimum Gasteiger partial charge on any atom is -0.326 e. The van der Waals surface area contributed by atoms with E-state index in [0.29, 0.717) is 6.54 Å². The molecule has 0 bridgehead atoms. The first-order valence-corrected chi connectivity index (χ1v) is 5.53. The van der Waals surface area contributed by atoms with Crippen molar-refractivity contribution in [2.75, 3.05) is 0 Å². The number of pyridine rings is 1. The summed E-state index contributed by atoms with van der Waals surface area (Å²) in [5, 5.41) is 0. The van der Waals surface area contributed by atoms with E-state index in [1.165, 1.54) is 5.56 Å². The zero-order valence-corrected chi connectivity index (χ0v) is 10.2. The molecule has 1 aromatic carbocycles. The van der Waals surface area contributed by atoms with E-state index in [1.54, 1.807) is 0 Å². The third kappa shape index (κ3) is 3.02. The Bertz CT molecular complexity index is 478. The molecule has 1 heterocycles. The largest absolute Gasteiger partial charge is 0.326 e. The summed E-state index contributed by atoms with van der Waals surface area (Å²) in [5.41, 5.74) is 10.2. The minimum absolute atomic E-state index is 0.548. The van der Waals surface area contributed by atoms with Gasteiger partial charge in [0.2, 0.25) is 0 Å². The number of benzene rings is 1. The molecule has 2 rings (SSSR count). The van der Waals surface area contributed by atoms with Gasteiger partial charge in [0.05, 0.1) is 5.69 Å². The third-order valence-electron chi connectivity index (χ3n) is 2.50. The third-order valence-corrected chi connectivity index (χ3v) is 2.50. The molecule has 1 aromatic heterocycles. The first kappa shape index (κ1) is 13.1. The molecule has 2 heteroatoms. The summed E-state index contributed by atoms with van der Waals surface area (Å²) in [4.78, 5) is 4.40. The Balaban J connectivity index is 0.000000686. The highest BCUT2D eigenvalue weighted by Crippen LogP contribution is 2.23. The van der Waals surface area contributed by atoms with Gasteiger partial charge in [0, 0.05) is 18.3 Å². The van der Waals surface area contributed by atoms with Crippen molar-refractivity contribution < 1.29 is 0 Å². The molecule has 0 saturated carbocycles. The smallest absolute Gasteiger partial charge is 0.0734 e. The predicted molar refractivity (Wildman–Crippen MR) is 73.6 cm³/mol. The van der Waals surface area contributed by atoms with Crippen LogP contribution in [0.5, 0.6) is 0 Å². The normalized spacial score (nSPS) is 9.29. The highest BCUT2D eigenvalue weighted by molar-refractivity contribution is 5.66. The number of aryl methyl sites for hydroxylation is 1. The van der Waals surface area contributed by atoms with E-state index in [4.69, 9.17) is 5.73 Å². The van der Waals surface area contributed by atoms with E-state index in [1.807, 2.05) is 30.5 Å². The Labute approximate surface area is 103 Å². The molecule has 0 amide bonds. The molecule has 0 radical (unpaired) electrons. The molecule has 0 fully saturated rings. The molecule has 0 unspecified atom stereocenters. The molecule has 0 atom stereocenters. The Morgan fingerprint density at radius 2 is 1.82 bits per heavy atom. The van der Waals surface area contributed by atoms with Crippen LogP contribution in [-0.4, -0.2) is 4.98 Å². The summed E-state index contributed by atoms with van der Waals surface area (Å²) in [7, 11) is 0. The van der Waals surface area contributed by atoms with Gasteiger partial charge in [-0.05, 0) is 24.1 Å². The van der Waals surface area contributed by atoms with Crippen molar-refractivity contribution in [3.05, 3.63) is 66.9 Å². The van der Waals surface area contributed by atoms with Crippen LogP contribution in [0.15, 0.2) is 55.8 Å². The summed E-state index contributed by atoms with van der Waals surface area (Å²) in [6.45, 7) is 8.61. The minimum atomic E-state index is 0.548. The lowest BCUT2D eigenvalue weighted by atomic mass is 10.0. The molecule has 0 aliphatic rings. The molecule has 88 valence electrons. The Morgan fingerprint density at radius 3 is 2.47 bits per heavy atom. The van der Waals surface area contributed by atoms with Gasteiger partial charge in [-0.3, -0.25) is 4.98 Å². The zero-order valence-electron chi connectivity index (χ0n) is 10.2. The van der Waals surface area contributed by atoms with Crippen molar-refractivity contribution in [2.45, 2.75) is 13.5 Å². The van der Waals surface area contributed by atoms with Gasteiger partial charge in [-0.15, -0.1) is 13.2 Å². The Morgan fingerprint density at radius 1 is 1.12 bits per heavy atom. The van der Waals surface area contributed by atoms with E-state index < -0.39 is 0 Å². The lowest BCUT2D eigenvalue weighted by molar-refractivity contribution is 1.07. The molecular formula is C15H18N2. The lowest BCUT2D eigenvalue weighted by Crippen LogP contribution is -2.00. The summed E-state index contributed by atoms with van der Waals surface area (Å²) in [6, 6.07) is 12.1. The number of hydrogen-bond acceptors (Lipinski definition) is 2. The first-order valence-electron chi connectivity index (χ1n) is 5.53. The van der Waals surface area contributed by atoms with Crippen molar-refractivity contribution >= 4 is 0 Å². The predicted octanol–water partition coefficient (Wildman–Crippen LogP) is 3.32. The van der Waals surface area contributed by atoms with Crippen molar-refractivity contribution in [1.82, 2.24) is 4.98 Å². The van der Waals surface area contributed by atoms with E-state index in [-0.39, 0.29) is 0 Å². The molecule has 0 saturated heterocycles. The lowest BCUT2D eigenvalue weighted by Gasteiger charge is -2.08.